The van der Waals surface area contributed by atoms with Gasteiger partial charge in [-0.05, 0) is 56.5 Å². The third-order valence-electron chi connectivity index (χ3n) is 10.4. The Labute approximate surface area is 292 Å². The summed E-state index contributed by atoms with van der Waals surface area (Å²) in [6.07, 6.45) is 4.92. The van der Waals surface area contributed by atoms with Gasteiger partial charge >= 0.3 is 19.3 Å². The summed E-state index contributed by atoms with van der Waals surface area (Å²) < 4.78 is 4.97. The van der Waals surface area contributed by atoms with Crippen LogP contribution in [-0.4, -0.2) is 10.7 Å². The molecule has 4 heterocycles. The minimum absolute atomic E-state index is 0.167. The molecule has 0 saturated heterocycles. The van der Waals surface area contributed by atoms with E-state index in [1.54, 1.807) is 0 Å². The average Bonchev–Trinajstić information content (AvgIpc) is 3.42. The molecule has 1 atom stereocenters. The molecule has 0 amide bonds. The van der Waals surface area contributed by atoms with Gasteiger partial charge in [0.2, 0.25) is 0 Å². The number of aliphatic imine (C=N–C) groups is 1. The van der Waals surface area contributed by atoms with Crippen LogP contribution in [-0.2, 0) is 10.8 Å². The number of benzene rings is 2. The summed E-state index contributed by atoms with van der Waals surface area (Å²) in [5.41, 5.74) is 24.3. The Morgan fingerprint density at radius 2 is 1.31 bits per heavy atom. The number of hydrogen-bond acceptors (Lipinski definition) is 4. The van der Waals surface area contributed by atoms with E-state index in [1.807, 2.05) is 0 Å². The zero-order valence-corrected chi connectivity index (χ0v) is 31.2. The minimum atomic E-state index is -1.24. The van der Waals surface area contributed by atoms with Crippen molar-refractivity contribution in [3.05, 3.63) is 141 Å². The van der Waals surface area contributed by atoms with Gasteiger partial charge in [0.05, 0.1) is 0 Å². The number of hydrogen-bond donors (Lipinski definition) is 2. The van der Waals surface area contributed by atoms with Crippen molar-refractivity contribution in [1.29, 1.82) is 0 Å². The van der Waals surface area contributed by atoms with Crippen LogP contribution in [0.1, 0.15) is 108 Å². The third-order valence-corrected chi connectivity index (χ3v) is 12.7. The molecule has 49 heavy (non-hydrogen) atoms. The maximum atomic E-state index is 6.81. The molecule has 1 aliphatic heterocycles. The van der Waals surface area contributed by atoms with Crippen LogP contribution in [0.5, 0.6) is 0 Å². The Kier molecular flexibility index (Phi) is 7.57. The standard InChI is InChI=1S/C42H47N6P/c1-10-27(25-32(43)39(2,3)4)45-36-23-15-21-34-42(30-19-13-11-17-28(30)41(8,9)29-18-12-14-20-31(29)42)35-22-16-24-37-46-38(26-33(44)40(5,6)7)49(47(34)36)48(35)37/h11-26,43-44H,10H2,1-9H3/p+2. The Morgan fingerprint density at radius 3 is 1.88 bits per heavy atom. The molecule has 6 nitrogen and oxygen atoms in total. The first-order valence-corrected chi connectivity index (χ1v) is 18.6. The van der Waals surface area contributed by atoms with E-state index in [0.29, 0.717) is 0 Å². The van der Waals surface area contributed by atoms with Gasteiger partial charge < -0.3 is 11.5 Å². The van der Waals surface area contributed by atoms with Crippen LogP contribution < -0.4 is 20.0 Å². The summed E-state index contributed by atoms with van der Waals surface area (Å²) in [5.74, 6) is 0.878. The van der Waals surface area contributed by atoms with Gasteiger partial charge in [-0.3, -0.25) is 0 Å². The predicted molar refractivity (Wildman–Crippen MR) is 202 cm³/mol. The maximum Gasteiger partial charge on any atom is 0.334 e. The smallest absolute Gasteiger partial charge is 0.334 e. The predicted octanol–water partition coefficient (Wildman–Crippen LogP) is 8.46. The van der Waals surface area contributed by atoms with E-state index in [4.69, 9.17) is 21.4 Å². The van der Waals surface area contributed by atoms with Crippen molar-refractivity contribution in [3.8, 4) is 0 Å². The van der Waals surface area contributed by atoms with Gasteiger partial charge in [-0.15, -0.1) is 8.50 Å². The molecule has 4 N–H and O–H groups in total. The Balaban J connectivity index is 1.70. The van der Waals surface area contributed by atoms with E-state index in [2.05, 4.69) is 168 Å². The molecule has 0 radical (unpaired) electrons. The van der Waals surface area contributed by atoms with Crippen LogP contribution in [0.25, 0.3) is 11.7 Å². The lowest BCUT2D eigenvalue weighted by Crippen LogP contribution is -2.57. The van der Waals surface area contributed by atoms with Gasteiger partial charge in [0, 0.05) is 58.3 Å². The van der Waals surface area contributed by atoms with E-state index < -0.39 is 13.3 Å². The number of pyridine rings is 2. The molecule has 3 aromatic heterocycles. The van der Waals surface area contributed by atoms with Gasteiger partial charge in [-0.1, -0.05) is 111 Å². The van der Waals surface area contributed by atoms with Gasteiger partial charge in [0.1, 0.15) is 16.8 Å². The second-order valence-corrected chi connectivity index (χ2v) is 17.9. The van der Waals surface area contributed by atoms with E-state index >= 15 is 0 Å². The molecule has 1 spiro atoms. The molecule has 7 rings (SSSR count). The number of nitrogens with two attached hydrogens (primary N) is 2. The SMILES string of the molecule is CCC(C=C(N)C(C)(C)C)=Nc1cccc2[n+]1-p1c(C=C(N)C(C)(C)C)nc3cccc([n+]31)C21c2ccccc2C(C)(C)c2ccccc21. The number of nitrogens with zero attached hydrogens (tertiary/aromatic N) is 4. The molecule has 0 bridgehead atoms. The first kappa shape index (κ1) is 33.0. The number of aromatic nitrogens is 3. The first-order chi connectivity index (χ1) is 23.1. The van der Waals surface area contributed by atoms with E-state index in [-0.39, 0.29) is 16.2 Å². The fourth-order valence-electron chi connectivity index (χ4n) is 7.46. The van der Waals surface area contributed by atoms with Gasteiger partial charge in [-0.2, -0.15) is 0 Å². The van der Waals surface area contributed by atoms with E-state index in [0.717, 1.165) is 40.4 Å². The fraction of sp³-hybridized carbons (Fsp3) is 0.333. The maximum absolute atomic E-state index is 6.81. The summed E-state index contributed by atoms with van der Waals surface area (Å²) in [7, 11) is -1.24. The fourth-order valence-corrected chi connectivity index (χ4v) is 9.94. The Hall–Kier alpha value is -4.54. The molecular formula is C42H49N6P+2. The zero-order chi connectivity index (χ0) is 35.1. The van der Waals surface area contributed by atoms with Crippen LogP contribution in [0, 0.1) is 10.8 Å². The second-order valence-electron chi connectivity index (χ2n) is 16.0. The molecular weight excluding hydrogens is 619 g/mol. The highest BCUT2D eigenvalue weighted by molar-refractivity contribution is 7.36. The number of rotatable bonds is 4. The van der Waals surface area contributed by atoms with Crippen LogP contribution in [0.2, 0.25) is 0 Å². The molecule has 1 aliphatic carbocycles. The van der Waals surface area contributed by atoms with Crippen LogP contribution >= 0.6 is 7.84 Å². The highest BCUT2D eigenvalue weighted by Gasteiger charge is 2.58. The van der Waals surface area contributed by atoms with E-state index in [9.17, 15) is 0 Å². The Bertz CT molecular complexity index is 2190. The molecule has 2 aromatic carbocycles. The number of allylic oxidation sites excluding steroid dienone is 3. The summed E-state index contributed by atoms with van der Waals surface area (Å²) in [4.78, 5) is 10.8. The van der Waals surface area contributed by atoms with Crippen molar-refractivity contribution in [2.75, 3.05) is 0 Å². The highest BCUT2D eigenvalue weighted by atomic mass is 31.1. The third kappa shape index (κ3) is 4.90. The van der Waals surface area contributed by atoms with Crippen LogP contribution in [0.4, 0.5) is 5.82 Å². The van der Waals surface area contributed by atoms with Gasteiger partial charge in [-0.25, -0.2) is 0 Å². The average molecular weight is 669 g/mol. The number of fused-ring (bicyclic) bond motifs is 8. The topological polar surface area (TPSA) is 85.3 Å². The normalized spacial score (nSPS) is 17.2. The van der Waals surface area contributed by atoms with Crippen molar-refractivity contribution in [2.45, 2.75) is 79.6 Å². The summed E-state index contributed by atoms with van der Waals surface area (Å²) in [5, 5.41) is 0. The van der Waals surface area contributed by atoms with Crippen molar-refractivity contribution in [3.63, 3.8) is 0 Å². The summed E-state index contributed by atoms with van der Waals surface area (Å²) in [6.45, 7) is 19.7. The van der Waals surface area contributed by atoms with Crippen molar-refractivity contribution < 1.29 is 8.50 Å². The molecule has 7 heteroatoms. The van der Waals surface area contributed by atoms with Gasteiger partial charge in [0.15, 0.2) is 5.71 Å². The lowest BCUT2D eigenvalue weighted by atomic mass is 9.56. The lowest BCUT2D eigenvalue weighted by molar-refractivity contribution is -0.591. The summed E-state index contributed by atoms with van der Waals surface area (Å²) >= 11 is 0. The van der Waals surface area contributed by atoms with Crippen LogP contribution in [0.3, 0.4) is 0 Å². The monoisotopic (exact) mass is 668 g/mol. The second kappa shape index (κ2) is 11.2. The molecule has 250 valence electrons. The van der Waals surface area contributed by atoms with Gasteiger partial charge in [0.25, 0.3) is 5.43 Å². The molecule has 0 fully saturated rings. The zero-order valence-electron chi connectivity index (χ0n) is 30.3. The highest BCUT2D eigenvalue weighted by Crippen LogP contribution is 2.56. The molecule has 0 saturated carbocycles. The van der Waals surface area contributed by atoms with Crippen molar-refractivity contribution in [1.82, 2.24) is 4.98 Å². The van der Waals surface area contributed by atoms with Crippen molar-refractivity contribution in [2.24, 2.45) is 27.3 Å². The largest absolute Gasteiger partial charge is 0.401 e. The lowest BCUT2D eigenvalue weighted by Gasteiger charge is -2.46. The molecule has 2 aliphatic rings. The Morgan fingerprint density at radius 1 is 0.755 bits per heavy atom. The van der Waals surface area contributed by atoms with Crippen molar-refractivity contribution >= 4 is 31.1 Å². The minimum Gasteiger partial charge on any atom is -0.401 e. The molecule has 5 aromatic rings. The van der Waals surface area contributed by atoms with E-state index in [1.165, 1.54) is 33.6 Å². The summed E-state index contributed by atoms with van der Waals surface area (Å²) in [6, 6.07) is 31.2. The first-order valence-electron chi connectivity index (χ1n) is 17.3. The van der Waals surface area contributed by atoms with Crippen LogP contribution in [0.15, 0.2) is 107 Å². The quantitative estimate of drug-likeness (QED) is 0.185. The molecule has 1 unspecified atom stereocenters.